The number of hydrogen-bond donors (Lipinski definition) is 2. The Morgan fingerprint density at radius 3 is 2.73 bits per heavy atom. The average molecular weight is 407 g/mol. The highest BCUT2D eigenvalue weighted by atomic mass is 16.7. The molecule has 2 amide bonds. The van der Waals surface area contributed by atoms with Gasteiger partial charge in [-0.05, 0) is 35.9 Å². The smallest absolute Gasteiger partial charge is 0.313 e. The van der Waals surface area contributed by atoms with Gasteiger partial charge in [-0.15, -0.1) is 0 Å². The molecule has 154 valence electrons. The lowest BCUT2D eigenvalue weighted by Gasteiger charge is -2.34. The van der Waals surface area contributed by atoms with E-state index in [1.807, 2.05) is 24.3 Å². The molecule has 0 unspecified atom stereocenters. The van der Waals surface area contributed by atoms with Crippen molar-refractivity contribution >= 4 is 28.4 Å². The number of H-pyrrole nitrogens is 1. The number of anilines is 1. The van der Waals surface area contributed by atoms with Crippen molar-refractivity contribution in [2.24, 2.45) is 0 Å². The number of ether oxygens (including phenoxy) is 2. The number of benzene rings is 2. The minimum atomic E-state index is -0.627. The molecule has 1 saturated heterocycles. The number of hydrogen-bond acceptors (Lipinski definition) is 6. The summed E-state index contributed by atoms with van der Waals surface area (Å²) in [7, 11) is 0. The molecule has 0 spiro atoms. The van der Waals surface area contributed by atoms with Crippen molar-refractivity contribution < 1.29 is 19.1 Å². The van der Waals surface area contributed by atoms with E-state index in [-0.39, 0.29) is 6.79 Å². The second kappa shape index (κ2) is 7.68. The van der Waals surface area contributed by atoms with Crippen LogP contribution in [0.2, 0.25) is 0 Å². The number of piperazine rings is 1. The van der Waals surface area contributed by atoms with Crippen LogP contribution in [0.15, 0.2) is 42.6 Å². The average Bonchev–Trinajstić information content (AvgIpc) is 3.42. The predicted molar refractivity (Wildman–Crippen MR) is 109 cm³/mol. The fourth-order valence-corrected chi connectivity index (χ4v) is 3.75. The second-order valence-corrected chi connectivity index (χ2v) is 7.38. The third-order valence-corrected chi connectivity index (χ3v) is 5.40. The summed E-state index contributed by atoms with van der Waals surface area (Å²) < 4.78 is 10.8. The molecular formula is C21H21N5O4. The molecule has 30 heavy (non-hydrogen) atoms. The molecule has 2 aliphatic heterocycles. The zero-order valence-electron chi connectivity index (χ0n) is 16.3. The fraction of sp³-hybridized carbons (Fsp3) is 0.286. The van der Waals surface area contributed by atoms with Crippen LogP contribution in [-0.4, -0.2) is 64.8 Å². The number of rotatable bonds is 3. The van der Waals surface area contributed by atoms with E-state index >= 15 is 0 Å². The molecule has 1 fully saturated rings. The topological polar surface area (TPSA) is 99.8 Å². The number of carbonyl (C=O) groups excluding carboxylic acids is 2. The molecule has 3 heterocycles. The van der Waals surface area contributed by atoms with Crippen LogP contribution in [0.25, 0.3) is 10.9 Å². The molecule has 0 radical (unpaired) electrons. The Morgan fingerprint density at radius 2 is 1.87 bits per heavy atom. The molecule has 9 heteroatoms. The van der Waals surface area contributed by atoms with Crippen molar-refractivity contribution in [3.63, 3.8) is 0 Å². The molecule has 1 aromatic heterocycles. The first-order valence-corrected chi connectivity index (χ1v) is 9.80. The Kier molecular flexibility index (Phi) is 4.72. The van der Waals surface area contributed by atoms with Crippen molar-refractivity contribution in [2.45, 2.75) is 6.54 Å². The maximum Gasteiger partial charge on any atom is 0.313 e. The number of amides is 2. The standard InChI is InChI=1S/C21H21N5O4/c27-20(23-16-3-2-15-11-22-24-17(15)10-16)21(28)26-7-5-25(6-8-26)12-14-1-4-18-19(9-14)30-13-29-18/h1-4,9-11H,5-8,12-13H2,(H,22,24)(H,23,27). The van der Waals surface area contributed by atoms with Crippen molar-refractivity contribution in [2.75, 3.05) is 38.3 Å². The monoisotopic (exact) mass is 407 g/mol. The third kappa shape index (κ3) is 3.67. The van der Waals surface area contributed by atoms with Gasteiger partial charge in [0.1, 0.15) is 0 Å². The largest absolute Gasteiger partial charge is 0.454 e. The fourth-order valence-electron chi connectivity index (χ4n) is 3.75. The number of nitrogens with zero attached hydrogens (tertiary/aromatic N) is 3. The number of carbonyl (C=O) groups is 2. The molecule has 0 atom stereocenters. The molecule has 9 nitrogen and oxygen atoms in total. The van der Waals surface area contributed by atoms with Gasteiger partial charge in [0.05, 0.1) is 11.7 Å². The Balaban J connectivity index is 1.14. The maximum absolute atomic E-state index is 12.6. The van der Waals surface area contributed by atoms with Gasteiger partial charge in [0.2, 0.25) is 6.79 Å². The SMILES string of the molecule is O=C(Nc1ccc2cn[nH]c2c1)C(=O)N1CCN(Cc2ccc3c(c2)OCO3)CC1. The molecular weight excluding hydrogens is 386 g/mol. The Hall–Kier alpha value is -3.59. The summed E-state index contributed by atoms with van der Waals surface area (Å²) in [4.78, 5) is 28.8. The summed E-state index contributed by atoms with van der Waals surface area (Å²) in [5.41, 5.74) is 2.50. The summed E-state index contributed by atoms with van der Waals surface area (Å²) >= 11 is 0. The lowest BCUT2D eigenvalue weighted by molar-refractivity contribution is -0.144. The van der Waals surface area contributed by atoms with Crippen molar-refractivity contribution in [3.05, 3.63) is 48.2 Å². The number of nitrogens with one attached hydrogen (secondary N) is 2. The lowest BCUT2D eigenvalue weighted by Crippen LogP contribution is -2.51. The summed E-state index contributed by atoms with van der Waals surface area (Å²) in [6.07, 6.45) is 1.70. The maximum atomic E-state index is 12.6. The van der Waals surface area contributed by atoms with E-state index in [1.165, 1.54) is 0 Å². The minimum Gasteiger partial charge on any atom is -0.454 e. The number of fused-ring (bicyclic) bond motifs is 2. The van der Waals surface area contributed by atoms with Gasteiger partial charge in [0.15, 0.2) is 11.5 Å². The van der Waals surface area contributed by atoms with Crippen LogP contribution >= 0.6 is 0 Å². The van der Waals surface area contributed by atoms with Crippen molar-refractivity contribution in [3.8, 4) is 11.5 Å². The Morgan fingerprint density at radius 1 is 1.03 bits per heavy atom. The number of aromatic nitrogens is 2. The Bertz CT molecular complexity index is 1100. The summed E-state index contributed by atoms with van der Waals surface area (Å²) in [6.45, 7) is 3.44. The van der Waals surface area contributed by atoms with E-state index in [0.29, 0.717) is 31.9 Å². The van der Waals surface area contributed by atoms with E-state index in [2.05, 4.69) is 20.4 Å². The van der Waals surface area contributed by atoms with Crippen molar-refractivity contribution in [1.82, 2.24) is 20.0 Å². The Labute approximate surface area is 172 Å². The zero-order chi connectivity index (χ0) is 20.5. The van der Waals surface area contributed by atoms with Gasteiger partial charge < -0.3 is 19.7 Å². The van der Waals surface area contributed by atoms with E-state index < -0.39 is 11.8 Å². The minimum absolute atomic E-state index is 0.261. The first-order chi connectivity index (χ1) is 14.7. The second-order valence-electron chi connectivity index (χ2n) is 7.38. The molecule has 2 aromatic carbocycles. The van der Waals surface area contributed by atoms with Gasteiger partial charge in [0.25, 0.3) is 0 Å². The van der Waals surface area contributed by atoms with Gasteiger partial charge in [-0.2, -0.15) is 5.10 Å². The molecule has 0 saturated carbocycles. The third-order valence-electron chi connectivity index (χ3n) is 5.40. The highest BCUT2D eigenvalue weighted by molar-refractivity contribution is 6.39. The molecule has 2 aliphatic rings. The van der Waals surface area contributed by atoms with E-state index in [0.717, 1.165) is 34.5 Å². The van der Waals surface area contributed by atoms with Crippen LogP contribution in [0, 0.1) is 0 Å². The van der Waals surface area contributed by atoms with E-state index in [9.17, 15) is 9.59 Å². The van der Waals surface area contributed by atoms with Gasteiger partial charge in [0, 0.05) is 43.8 Å². The molecule has 0 aliphatic carbocycles. The van der Waals surface area contributed by atoms with Crippen LogP contribution in [0.4, 0.5) is 5.69 Å². The first kappa shape index (κ1) is 18.4. The van der Waals surface area contributed by atoms with Crippen LogP contribution in [0.1, 0.15) is 5.56 Å². The summed E-state index contributed by atoms with van der Waals surface area (Å²) in [5.74, 6) is 0.402. The molecule has 3 aromatic rings. The van der Waals surface area contributed by atoms with Gasteiger partial charge in [-0.1, -0.05) is 6.07 Å². The van der Waals surface area contributed by atoms with Crippen LogP contribution in [0.3, 0.4) is 0 Å². The summed E-state index contributed by atoms with van der Waals surface area (Å²) in [5, 5.41) is 10.4. The zero-order valence-corrected chi connectivity index (χ0v) is 16.3. The van der Waals surface area contributed by atoms with E-state index in [4.69, 9.17) is 9.47 Å². The van der Waals surface area contributed by atoms with Gasteiger partial charge >= 0.3 is 11.8 Å². The van der Waals surface area contributed by atoms with Crippen LogP contribution < -0.4 is 14.8 Å². The first-order valence-electron chi connectivity index (χ1n) is 9.80. The quantitative estimate of drug-likeness (QED) is 0.640. The lowest BCUT2D eigenvalue weighted by atomic mass is 10.1. The van der Waals surface area contributed by atoms with Crippen LogP contribution in [0.5, 0.6) is 11.5 Å². The normalized spacial score (nSPS) is 16.1. The predicted octanol–water partition coefficient (Wildman–Crippen LogP) is 1.57. The summed E-state index contributed by atoms with van der Waals surface area (Å²) in [6, 6.07) is 11.3. The highest BCUT2D eigenvalue weighted by Crippen LogP contribution is 2.32. The molecule has 2 N–H and O–H groups in total. The number of aromatic amines is 1. The van der Waals surface area contributed by atoms with Gasteiger partial charge in [-0.25, -0.2) is 0 Å². The van der Waals surface area contributed by atoms with Gasteiger partial charge in [-0.3, -0.25) is 19.6 Å². The van der Waals surface area contributed by atoms with Crippen molar-refractivity contribution in [1.29, 1.82) is 0 Å². The molecule has 0 bridgehead atoms. The van der Waals surface area contributed by atoms with Crippen LogP contribution in [-0.2, 0) is 16.1 Å². The van der Waals surface area contributed by atoms with E-state index in [1.54, 1.807) is 23.2 Å². The molecule has 5 rings (SSSR count). The highest BCUT2D eigenvalue weighted by Gasteiger charge is 2.26.